The molecule has 4 atom stereocenters. The molecule has 0 heterocycles. The summed E-state index contributed by atoms with van der Waals surface area (Å²) < 4.78 is 0. The van der Waals surface area contributed by atoms with E-state index in [9.17, 15) is 0 Å². The van der Waals surface area contributed by atoms with Crippen molar-refractivity contribution in [3.05, 3.63) is 0 Å². The Kier molecular flexibility index (Phi) is 8.90. The third-order valence-electron chi connectivity index (χ3n) is 1.57. The van der Waals surface area contributed by atoms with Crippen LogP contribution in [0.3, 0.4) is 0 Å². The Balaban J connectivity index is 0. The number of aliphatic hydroxyl groups excluding tert-OH is 5. The van der Waals surface area contributed by atoms with E-state index in [4.69, 9.17) is 31.3 Å². The zero-order valence-corrected chi connectivity index (χ0v) is 7.76. The molecular weight excluding hydrogens is 202 g/mol. The van der Waals surface area contributed by atoms with Gasteiger partial charge in [0.1, 0.15) is 18.3 Å². The Bertz CT molecular complexity index is 114. The van der Waals surface area contributed by atoms with Crippen LogP contribution in [0.5, 0.6) is 0 Å². The Hall–Kier alpha value is 0.0500. The molecule has 0 bridgehead atoms. The molecule has 7 heteroatoms. The summed E-state index contributed by atoms with van der Waals surface area (Å²) in [5.74, 6) is 0. The molecule has 82 valence electrons. The molecular formula is C6H16ClNO5. The maximum absolute atomic E-state index is 9.04. The van der Waals surface area contributed by atoms with Gasteiger partial charge in [-0.3, -0.25) is 0 Å². The highest BCUT2D eigenvalue weighted by atomic mass is 35.5. The second kappa shape index (κ2) is 7.45. The molecule has 0 spiro atoms. The lowest BCUT2D eigenvalue weighted by Crippen LogP contribution is -2.48. The van der Waals surface area contributed by atoms with Crippen molar-refractivity contribution in [2.45, 2.75) is 24.4 Å². The van der Waals surface area contributed by atoms with E-state index in [-0.39, 0.29) is 19.0 Å². The number of rotatable bonds is 5. The molecule has 4 unspecified atom stereocenters. The molecule has 0 saturated heterocycles. The molecule has 0 aliphatic heterocycles. The van der Waals surface area contributed by atoms with Crippen LogP contribution in [0, 0.1) is 0 Å². The predicted molar refractivity (Wildman–Crippen MR) is 47.4 cm³/mol. The van der Waals surface area contributed by atoms with Gasteiger partial charge in [0.15, 0.2) is 0 Å². The summed E-state index contributed by atoms with van der Waals surface area (Å²) >= 11 is 0. The zero-order chi connectivity index (χ0) is 9.72. The average Bonchev–Trinajstić information content (AvgIpc) is 2.12. The van der Waals surface area contributed by atoms with Crippen molar-refractivity contribution in [3.8, 4) is 0 Å². The summed E-state index contributed by atoms with van der Waals surface area (Å²) in [5, 5.41) is 44.2. The minimum absolute atomic E-state index is 0. The van der Waals surface area contributed by atoms with Gasteiger partial charge in [0.05, 0.1) is 12.7 Å². The number of halogens is 1. The maximum Gasteiger partial charge on any atom is 0.111 e. The lowest BCUT2D eigenvalue weighted by atomic mass is 10.0. The van der Waals surface area contributed by atoms with Gasteiger partial charge in [0.2, 0.25) is 0 Å². The number of nitrogens with two attached hydrogens (primary N) is 1. The number of aliphatic hydroxyl groups is 5. The van der Waals surface area contributed by atoms with E-state index in [0.717, 1.165) is 0 Å². The van der Waals surface area contributed by atoms with E-state index < -0.39 is 31.0 Å². The van der Waals surface area contributed by atoms with Crippen LogP contribution in [0.4, 0.5) is 0 Å². The second-order valence-corrected chi connectivity index (χ2v) is 2.53. The second-order valence-electron chi connectivity index (χ2n) is 2.53. The van der Waals surface area contributed by atoms with E-state index in [1.165, 1.54) is 0 Å². The first kappa shape index (κ1) is 15.5. The SMILES string of the molecule is Cl.NCC(O)C(O)C(O)C(O)CO. The highest BCUT2D eigenvalue weighted by Crippen LogP contribution is 2.03. The van der Waals surface area contributed by atoms with Crippen molar-refractivity contribution in [1.82, 2.24) is 0 Å². The van der Waals surface area contributed by atoms with Crippen molar-refractivity contribution < 1.29 is 25.5 Å². The molecule has 0 aromatic heterocycles. The molecule has 0 aromatic rings. The van der Waals surface area contributed by atoms with Gasteiger partial charge in [-0.15, -0.1) is 12.4 Å². The smallest absolute Gasteiger partial charge is 0.111 e. The van der Waals surface area contributed by atoms with E-state index in [0.29, 0.717) is 0 Å². The van der Waals surface area contributed by atoms with E-state index in [1.807, 2.05) is 0 Å². The first-order valence-corrected chi connectivity index (χ1v) is 3.57. The van der Waals surface area contributed by atoms with Crippen molar-refractivity contribution in [2.24, 2.45) is 5.73 Å². The molecule has 0 rings (SSSR count). The monoisotopic (exact) mass is 217 g/mol. The van der Waals surface area contributed by atoms with Crippen molar-refractivity contribution >= 4 is 12.4 Å². The normalized spacial score (nSPS) is 19.8. The van der Waals surface area contributed by atoms with Crippen LogP contribution in [-0.4, -0.2) is 63.1 Å². The topological polar surface area (TPSA) is 127 Å². The summed E-state index contributed by atoms with van der Waals surface area (Å²) in [6.45, 7) is -0.911. The molecule has 0 fully saturated rings. The van der Waals surface area contributed by atoms with Crippen LogP contribution in [0.2, 0.25) is 0 Å². The van der Waals surface area contributed by atoms with Crippen LogP contribution in [0.1, 0.15) is 0 Å². The standard InChI is InChI=1S/C6H15NO5.ClH/c7-1-3(9)5(11)6(12)4(10)2-8;/h3-6,8-12H,1-2,7H2;1H. The van der Waals surface area contributed by atoms with Gasteiger partial charge in [-0.05, 0) is 0 Å². The van der Waals surface area contributed by atoms with Gasteiger partial charge >= 0.3 is 0 Å². The fourth-order valence-electron chi connectivity index (χ4n) is 0.703. The van der Waals surface area contributed by atoms with Crippen LogP contribution in [-0.2, 0) is 0 Å². The van der Waals surface area contributed by atoms with Crippen LogP contribution < -0.4 is 5.73 Å². The van der Waals surface area contributed by atoms with Gasteiger partial charge in [-0.1, -0.05) is 0 Å². The van der Waals surface area contributed by atoms with Crippen molar-refractivity contribution in [3.63, 3.8) is 0 Å². The Labute approximate surface area is 82.0 Å². The summed E-state index contributed by atoms with van der Waals surface area (Å²) in [4.78, 5) is 0. The Morgan fingerprint density at radius 1 is 0.923 bits per heavy atom. The molecule has 0 saturated carbocycles. The summed E-state index contributed by atoms with van der Waals surface area (Å²) in [7, 11) is 0. The molecule has 6 nitrogen and oxygen atoms in total. The first-order valence-electron chi connectivity index (χ1n) is 3.57. The Morgan fingerprint density at radius 3 is 1.62 bits per heavy atom. The van der Waals surface area contributed by atoms with Crippen LogP contribution in [0.15, 0.2) is 0 Å². The van der Waals surface area contributed by atoms with Gasteiger partial charge < -0.3 is 31.3 Å². The maximum atomic E-state index is 9.04. The fourth-order valence-corrected chi connectivity index (χ4v) is 0.703. The van der Waals surface area contributed by atoms with E-state index in [2.05, 4.69) is 0 Å². The lowest BCUT2D eigenvalue weighted by molar-refractivity contribution is -0.112. The quantitative estimate of drug-likeness (QED) is 0.288. The summed E-state index contributed by atoms with van der Waals surface area (Å²) in [6, 6.07) is 0. The highest BCUT2D eigenvalue weighted by Gasteiger charge is 2.28. The van der Waals surface area contributed by atoms with E-state index in [1.54, 1.807) is 0 Å². The highest BCUT2D eigenvalue weighted by molar-refractivity contribution is 5.85. The number of hydrogen-bond donors (Lipinski definition) is 6. The average molecular weight is 218 g/mol. The summed E-state index contributed by atoms with van der Waals surface area (Å²) in [6.07, 6.45) is -5.91. The molecule has 7 N–H and O–H groups in total. The molecule has 13 heavy (non-hydrogen) atoms. The third kappa shape index (κ3) is 4.72. The predicted octanol–water partition coefficient (Wildman–Crippen LogP) is -3.20. The van der Waals surface area contributed by atoms with Gasteiger partial charge in [-0.2, -0.15) is 0 Å². The molecule has 0 amide bonds. The van der Waals surface area contributed by atoms with Crippen molar-refractivity contribution in [2.75, 3.05) is 13.2 Å². The molecule has 0 aliphatic carbocycles. The molecule has 0 aromatic carbocycles. The van der Waals surface area contributed by atoms with Gasteiger partial charge in [-0.25, -0.2) is 0 Å². The largest absolute Gasteiger partial charge is 0.394 e. The summed E-state index contributed by atoms with van der Waals surface area (Å²) in [5.41, 5.74) is 4.99. The lowest BCUT2D eigenvalue weighted by Gasteiger charge is -2.24. The fraction of sp³-hybridized carbons (Fsp3) is 1.00. The Morgan fingerprint density at radius 2 is 1.31 bits per heavy atom. The zero-order valence-electron chi connectivity index (χ0n) is 6.95. The van der Waals surface area contributed by atoms with Crippen LogP contribution in [0.25, 0.3) is 0 Å². The minimum atomic E-state index is -1.59. The van der Waals surface area contributed by atoms with Crippen LogP contribution >= 0.6 is 12.4 Å². The minimum Gasteiger partial charge on any atom is -0.394 e. The van der Waals surface area contributed by atoms with Gasteiger partial charge in [0, 0.05) is 6.54 Å². The third-order valence-corrected chi connectivity index (χ3v) is 1.57. The van der Waals surface area contributed by atoms with Crippen molar-refractivity contribution in [1.29, 1.82) is 0 Å². The van der Waals surface area contributed by atoms with E-state index >= 15 is 0 Å². The molecule has 0 radical (unpaired) electrons. The molecule has 0 aliphatic rings. The number of hydrogen-bond acceptors (Lipinski definition) is 6. The van der Waals surface area contributed by atoms with Gasteiger partial charge in [0.25, 0.3) is 0 Å². The first-order chi connectivity index (χ1) is 5.54.